The molecule has 31 heavy (non-hydrogen) atoms. The molecule has 2 aromatic carbocycles. The van der Waals surface area contributed by atoms with E-state index in [0.29, 0.717) is 5.92 Å². The number of nitrogens with zero attached hydrogens (tertiary/aromatic N) is 1. The van der Waals surface area contributed by atoms with Crippen molar-refractivity contribution in [3.05, 3.63) is 78.0 Å². The third-order valence-corrected chi connectivity index (χ3v) is 5.71. The van der Waals surface area contributed by atoms with Crippen LogP contribution in [0.3, 0.4) is 0 Å². The number of rotatable bonds is 9. The number of aryl methyl sites for hydroxylation is 1. The van der Waals surface area contributed by atoms with Gasteiger partial charge in [-0.1, -0.05) is 55.0 Å². The molecule has 0 saturated heterocycles. The molecule has 3 N–H and O–H groups in total. The van der Waals surface area contributed by atoms with E-state index in [1.54, 1.807) is 13.3 Å². The summed E-state index contributed by atoms with van der Waals surface area (Å²) in [5.74, 6) is 3.41. The number of terminal acetylenes is 1. The summed E-state index contributed by atoms with van der Waals surface area (Å²) in [7, 11) is 1.73. The summed E-state index contributed by atoms with van der Waals surface area (Å²) in [6.45, 7) is 6.32. The van der Waals surface area contributed by atoms with E-state index in [-0.39, 0.29) is 12.3 Å². The first-order chi connectivity index (χ1) is 15.1. The first-order valence-electron chi connectivity index (χ1n) is 10.5. The number of aromatic amines is 1. The van der Waals surface area contributed by atoms with Gasteiger partial charge in [0.1, 0.15) is 6.23 Å². The largest absolute Gasteiger partial charge is 0.366 e. The summed E-state index contributed by atoms with van der Waals surface area (Å²) in [4.78, 5) is 0. The lowest BCUT2D eigenvalue weighted by Gasteiger charge is -2.23. The molecule has 1 fully saturated rings. The molecule has 2 atom stereocenters. The number of hydrogen-bond donors (Lipinski definition) is 3. The van der Waals surface area contributed by atoms with Crippen LogP contribution in [0, 0.1) is 25.2 Å². The molecule has 2 unspecified atom stereocenters. The fraction of sp³-hybridized carbons (Fsp3) is 0.269. The molecule has 1 aliphatic rings. The van der Waals surface area contributed by atoms with E-state index in [4.69, 9.17) is 11.2 Å². The summed E-state index contributed by atoms with van der Waals surface area (Å²) in [6, 6.07) is 16.1. The molecule has 3 aromatic rings. The second-order valence-electron chi connectivity index (χ2n) is 7.96. The van der Waals surface area contributed by atoms with Crippen molar-refractivity contribution in [2.45, 2.75) is 32.0 Å². The fourth-order valence-electron chi connectivity index (χ4n) is 3.72. The van der Waals surface area contributed by atoms with Crippen LogP contribution in [-0.2, 0) is 4.74 Å². The van der Waals surface area contributed by atoms with Gasteiger partial charge in [0.25, 0.3) is 0 Å². The highest BCUT2D eigenvalue weighted by molar-refractivity contribution is 5.84. The van der Waals surface area contributed by atoms with Crippen LogP contribution in [0.1, 0.15) is 35.6 Å². The number of anilines is 1. The lowest BCUT2D eigenvalue weighted by Crippen LogP contribution is -2.35. The summed E-state index contributed by atoms with van der Waals surface area (Å²) in [6.07, 6.45) is 9.99. The van der Waals surface area contributed by atoms with Gasteiger partial charge in [-0.2, -0.15) is 5.10 Å². The van der Waals surface area contributed by atoms with E-state index in [2.05, 4.69) is 58.5 Å². The Morgan fingerprint density at radius 2 is 2.03 bits per heavy atom. The Labute approximate surface area is 183 Å². The third-order valence-electron chi connectivity index (χ3n) is 5.71. The highest BCUT2D eigenvalue weighted by Crippen LogP contribution is 2.34. The van der Waals surface area contributed by atoms with Gasteiger partial charge >= 0.3 is 0 Å². The predicted molar refractivity (Wildman–Crippen MR) is 126 cm³/mol. The van der Waals surface area contributed by atoms with Gasteiger partial charge in [0.05, 0.1) is 17.9 Å². The van der Waals surface area contributed by atoms with Gasteiger partial charge in [0.15, 0.2) is 0 Å². The molecule has 1 saturated carbocycles. The molecule has 0 spiro atoms. The first-order valence-corrected chi connectivity index (χ1v) is 10.5. The van der Waals surface area contributed by atoms with Crippen molar-refractivity contribution in [3.63, 3.8) is 0 Å². The first kappa shape index (κ1) is 20.9. The van der Waals surface area contributed by atoms with E-state index in [1.165, 1.54) is 12.8 Å². The summed E-state index contributed by atoms with van der Waals surface area (Å²) >= 11 is 0. The van der Waals surface area contributed by atoms with Crippen LogP contribution in [0.4, 0.5) is 5.69 Å². The zero-order chi connectivity index (χ0) is 21.8. The Hall–Kier alpha value is -3.33. The second kappa shape index (κ2) is 9.22. The summed E-state index contributed by atoms with van der Waals surface area (Å²) < 4.78 is 5.60. The Balaban J connectivity index is 1.55. The van der Waals surface area contributed by atoms with Crippen molar-refractivity contribution in [2.75, 3.05) is 12.4 Å². The number of ether oxygens (including phenoxy) is 1. The van der Waals surface area contributed by atoms with Gasteiger partial charge in [0.2, 0.25) is 0 Å². The molecule has 0 aliphatic heterocycles. The molecule has 1 aliphatic carbocycles. The van der Waals surface area contributed by atoms with Crippen LogP contribution in [-0.4, -0.2) is 23.5 Å². The van der Waals surface area contributed by atoms with Crippen LogP contribution >= 0.6 is 0 Å². The number of hydrogen-bond acceptors (Lipinski definition) is 4. The van der Waals surface area contributed by atoms with Gasteiger partial charge in [0, 0.05) is 29.6 Å². The monoisotopic (exact) mass is 412 g/mol. The zero-order valence-electron chi connectivity index (χ0n) is 18.0. The number of H-pyrrole nitrogens is 1. The molecule has 0 radical (unpaired) electrons. The van der Waals surface area contributed by atoms with E-state index in [1.807, 2.05) is 30.3 Å². The average molecular weight is 413 g/mol. The van der Waals surface area contributed by atoms with Gasteiger partial charge < -0.3 is 10.1 Å². The quantitative estimate of drug-likeness (QED) is 0.337. The second-order valence-corrected chi connectivity index (χ2v) is 7.96. The van der Waals surface area contributed by atoms with Gasteiger partial charge in [-0.25, -0.2) is 0 Å². The minimum Gasteiger partial charge on any atom is -0.366 e. The number of methoxy groups -OCH3 is 1. The smallest absolute Gasteiger partial charge is 0.111 e. The van der Waals surface area contributed by atoms with E-state index >= 15 is 0 Å². The third kappa shape index (κ3) is 4.72. The van der Waals surface area contributed by atoms with Crippen LogP contribution in [0.25, 0.3) is 17.0 Å². The Kier molecular flexibility index (Phi) is 6.22. The Morgan fingerprint density at radius 1 is 1.26 bits per heavy atom. The molecule has 0 amide bonds. The van der Waals surface area contributed by atoms with E-state index in [9.17, 15) is 0 Å². The lowest BCUT2D eigenvalue weighted by atomic mass is 10.0. The van der Waals surface area contributed by atoms with Crippen molar-refractivity contribution in [1.82, 2.24) is 15.5 Å². The molecule has 1 aromatic heterocycles. The van der Waals surface area contributed by atoms with Crippen molar-refractivity contribution in [1.29, 1.82) is 0 Å². The molecule has 0 bridgehead atoms. The van der Waals surface area contributed by atoms with Crippen LogP contribution in [0.5, 0.6) is 0 Å². The predicted octanol–water partition coefficient (Wildman–Crippen LogP) is 5.11. The van der Waals surface area contributed by atoms with Crippen LogP contribution in [0.2, 0.25) is 0 Å². The molecular weight excluding hydrogens is 384 g/mol. The minimum atomic E-state index is -0.228. The molecule has 5 heteroatoms. The maximum atomic E-state index is 5.86. The van der Waals surface area contributed by atoms with Crippen LogP contribution in [0.15, 0.2) is 61.3 Å². The Bertz CT molecular complexity index is 1090. The molecule has 1 heterocycles. The minimum absolute atomic E-state index is 0.0203. The number of benzene rings is 2. The zero-order valence-corrected chi connectivity index (χ0v) is 18.0. The summed E-state index contributed by atoms with van der Waals surface area (Å²) in [5, 5.41) is 14.2. The maximum absolute atomic E-state index is 5.86. The molecule has 4 rings (SSSR count). The topological polar surface area (TPSA) is 62.0 Å². The molecule has 158 valence electrons. The fourth-order valence-corrected chi connectivity index (χ4v) is 3.72. The SMILES string of the molecule is C#CC(NC(OC)C1CC1)c1ccc(C)c(NC(=C)c2cn[nH]c2-c2ccccc2)c1. The lowest BCUT2D eigenvalue weighted by molar-refractivity contribution is 0.0509. The highest BCUT2D eigenvalue weighted by atomic mass is 16.5. The van der Waals surface area contributed by atoms with Crippen molar-refractivity contribution in [2.24, 2.45) is 5.92 Å². The van der Waals surface area contributed by atoms with Crippen LogP contribution < -0.4 is 10.6 Å². The number of nitrogens with one attached hydrogen (secondary N) is 3. The Morgan fingerprint density at radius 3 is 2.71 bits per heavy atom. The molecule has 5 nitrogen and oxygen atoms in total. The average Bonchev–Trinajstić information content (AvgIpc) is 3.51. The normalized spacial score (nSPS) is 15.1. The number of aromatic nitrogens is 2. The maximum Gasteiger partial charge on any atom is 0.111 e. The standard InChI is InChI=1S/C26H28N4O/c1-5-23(29-26(31-4)20-13-14-20)21-12-11-17(2)24(15-21)28-18(3)22-16-27-30-25(22)19-9-7-6-8-10-19/h1,6-12,15-16,20,23,26,28-29H,3,13-14H2,2,4H3,(H,27,30). The van der Waals surface area contributed by atoms with Gasteiger partial charge in [-0.15, -0.1) is 6.42 Å². The molecular formula is C26H28N4O. The highest BCUT2D eigenvalue weighted by Gasteiger charge is 2.32. The van der Waals surface area contributed by atoms with Crippen molar-refractivity contribution in [3.8, 4) is 23.6 Å². The van der Waals surface area contributed by atoms with Gasteiger partial charge in [-0.3, -0.25) is 10.4 Å². The van der Waals surface area contributed by atoms with Crippen molar-refractivity contribution < 1.29 is 4.74 Å². The van der Waals surface area contributed by atoms with E-state index < -0.39 is 0 Å². The van der Waals surface area contributed by atoms with E-state index in [0.717, 1.165) is 39.3 Å². The van der Waals surface area contributed by atoms with Crippen molar-refractivity contribution >= 4 is 11.4 Å². The summed E-state index contributed by atoms with van der Waals surface area (Å²) in [5.41, 5.74) is 6.78. The van der Waals surface area contributed by atoms with Gasteiger partial charge in [-0.05, 0) is 42.9 Å².